The number of hydrogen-bond acceptors (Lipinski definition) is 5. The Hall–Kier alpha value is -2.59. The van der Waals surface area contributed by atoms with Gasteiger partial charge in [-0.05, 0) is 18.6 Å². The number of aryl methyl sites for hydroxylation is 1. The lowest BCUT2D eigenvalue weighted by Gasteiger charge is -2.19. The molecule has 0 radical (unpaired) electrons. The second-order valence-corrected chi connectivity index (χ2v) is 7.42. The van der Waals surface area contributed by atoms with E-state index in [-0.39, 0.29) is 35.4 Å². The Morgan fingerprint density at radius 3 is 2.78 bits per heavy atom. The Labute approximate surface area is 133 Å². The number of sulfone groups is 1. The molecule has 1 aromatic heterocycles. The third-order valence-corrected chi connectivity index (χ3v) is 5.63. The Balaban J connectivity index is 1.98. The third-order valence-electron chi connectivity index (χ3n) is 3.84. The van der Waals surface area contributed by atoms with E-state index in [0.717, 1.165) is 0 Å². The first-order chi connectivity index (χ1) is 10.9. The summed E-state index contributed by atoms with van der Waals surface area (Å²) in [6, 6.07) is 9.94. The van der Waals surface area contributed by atoms with Crippen molar-refractivity contribution in [2.24, 2.45) is 0 Å². The van der Waals surface area contributed by atoms with Gasteiger partial charge in [0.15, 0.2) is 9.84 Å². The molecule has 1 amide bonds. The van der Waals surface area contributed by atoms with E-state index < -0.39 is 9.84 Å². The number of fused-ring (bicyclic) bond motifs is 1. The number of nitriles is 1. The molecule has 1 aliphatic heterocycles. The van der Waals surface area contributed by atoms with Crippen LogP contribution in [-0.2, 0) is 16.4 Å². The van der Waals surface area contributed by atoms with Gasteiger partial charge in [-0.15, -0.1) is 0 Å². The number of rotatable bonds is 1. The van der Waals surface area contributed by atoms with Crippen LogP contribution in [0.1, 0.15) is 27.4 Å². The van der Waals surface area contributed by atoms with Gasteiger partial charge in [0, 0.05) is 19.2 Å². The summed E-state index contributed by atoms with van der Waals surface area (Å²) < 4.78 is 29.8. The van der Waals surface area contributed by atoms with Gasteiger partial charge in [0.25, 0.3) is 5.91 Å². The summed E-state index contributed by atoms with van der Waals surface area (Å²) in [5.74, 6) is -0.0436. The van der Waals surface area contributed by atoms with E-state index in [0.29, 0.717) is 16.9 Å². The van der Waals surface area contributed by atoms with Crippen molar-refractivity contribution >= 4 is 15.7 Å². The van der Waals surface area contributed by atoms with Crippen molar-refractivity contribution in [3.8, 4) is 6.07 Å². The third kappa shape index (κ3) is 2.73. The second-order valence-electron chi connectivity index (χ2n) is 5.35. The number of carbonyl (C=O) groups is 1. The zero-order valence-electron chi connectivity index (χ0n) is 12.4. The lowest BCUT2D eigenvalue weighted by molar-refractivity contribution is 0.0752. The van der Waals surface area contributed by atoms with Crippen LogP contribution in [-0.4, -0.2) is 31.5 Å². The van der Waals surface area contributed by atoms with E-state index in [1.807, 2.05) is 6.07 Å². The minimum atomic E-state index is -3.41. The zero-order chi connectivity index (χ0) is 16.6. The normalized spacial score (nSPS) is 16.3. The molecule has 0 saturated carbocycles. The van der Waals surface area contributed by atoms with Gasteiger partial charge in [0.1, 0.15) is 11.8 Å². The van der Waals surface area contributed by atoms with Crippen molar-refractivity contribution in [3.63, 3.8) is 0 Å². The number of benzene rings is 1. The topological polar surface area (TPSA) is 91.4 Å². The molecule has 23 heavy (non-hydrogen) atoms. The summed E-state index contributed by atoms with van der Waals surface area (Å²) in [6.45, 7) is 1.92. The van der Waals surface area contributed by atoms with Crippen molar-refractivity contribution in [2.45, 2.75) is 18.4 Å². The molecule has 6 nitrogen and oxygen atoms in total. The van der Waals surface area contributed by atoms with E-state index in [9.17, 15) is 13.2 Å². The minimum Gasteiger partial charge on any atom is -0.450 e. The maximum absolute atomic E-state index is 12.7. The van der Waals surface area contributed by atoms with E-state index in [1.165, 1.54) is 11.0 Å². The lowest BCUT2D eigenvalue weighted by Crippen LogP contribution is -2.32. The van der Waals surface area contributed by atoms with Gasteiger partial charge in [-0.25, -0.2) is 8.42 Å². The van der Waals surface area contributed by atoms with Crippen LogP contribution in [0, 0.1) is 18.3 Å². The number of carbonyl (C=O) groups excluding carboxylic acids is 1. The Kier molecular flexibility index (Phi) is 3.70. The summed E-state index contributed by atoms with van der Waals surface area (Å²) in [5.41, 5.74) is 0.887. The molecular formula is C16H14N2O4S. The maximum atomic E-state index is 12.7. The highest BCUT2D eigenvalue weighted by molar-refractivity contribution is 7.91. The second kappa shape index (κ2) is 5.56. The molecule has 7 heteroatoms. The van der Waals surface area contributed by atoms with E-state index in [4.69, 9.17) is 9.68 Å². The molecule has 0 bridgehead atoms. The fourth-order valence-corrected chi connectivity index (χ4v) is 4.15. The Morgan fingerprint density at radius 2 is 2.09 bits per heavy atom. The first-order valence-corrected chi connectivity index (χ1v) is 8.68. The summed E-state index contributed by atoms with van der Waals surface area (Å²) >= 11 is 0. The van der Waals surface area contributed by atoms with Crippen LogP contribution in [0.3, 0.4) is 0 Å². The average molecular weight is 330 g/mol. The van der Waals surface area contributed by atoms with Crippen LogP contribution < -0.4 is 0 Å². The van der Waals surface area contributed by atoms with Crippen molar-refractivity contribution in [3.05, 3.63) is 53.0 Å². The maximum Gasteiger partial charge on any atom is 0.257 e. The van der Waals surface area contributed by atoms with Crippen molar-refractivity contribution < 1.29 is 17.6 Å². The summed E-state index contributed by atoms with van der Waals surface area (Å²) in [5, 5.41) is 8.86. The van der Waals surface area contributed by atoms with E-state index >= 15 is 0 Å². The van der Waals surface area contributed by atoms with Crippen LogP contribution in [0.2, 0.25) is 0 Å². The highest BCUT2D eigenvalue weighted by Crippen LogP contribution is 2.24. The van der Waals surface area contributed by atoms with E-state index in [1.54, 1.807) is 31.2 Å². The van der Waals surface area contributed by atoms with Gasteiger partial charge in [0.05, 0.1) is 16.2 Å². The first kappa shape index (κ1) is 15.3. The quantitative estimate of drug-likeness (QED) is 0.796. The first-order valence-electron chi connectivity index (χ1n) is 7.03. The Bertz CT molecular complexity index is 922. The van der Waals surface area contributed by atoms with Gasteiger partial charge >= 0.3 is 0 Å². The van der Waals surface area contributed by atoms with Crippen molar-refractivity contribution in [2.75, 3.05) is 12.3 Å². The highest BCUT2D eigenvalue weighted by atomic mass is 32.2. The largest absolute Gasteiger partial charge is 0.450 e. The van der Waals surface area contributed by atoms with Crippen molar-refractivity contribution in [1.29, 1.82) is 5.26 Å². The summed E-state index contributed by atoms with van der Waals surface area (Å²) in [6.07, 6.45) is 0. The fourth-order valence-electron chi connectivity index (χ4n) is 2.66. The molecule has 0 unspecified atom stereocenters. The predicted molar refractivity (Wildman–Crippen MR) is 81.4 cm³/mol. The fraction of sp³-hybridized carbons (Fsp3) is 0.250. The van der Waals surface area contributed by atoms with Crippen molar-refractivity contribution in [1.82, 2.24) is 4.90 Å². The van der Waals surface area contributed by atoms with Gasteiger partial charge in [-0.1, -0.05) is 18.2 Å². The minimum absolute atomic E-state index is 0.0636. The monoisotopic (exact) mass is 330 g/mol. The standard InChI is InChI=1S/C16H14N2O4S/c1-11-14(8-13(9-17)22-11)16(19)18-6-7-23(20,21)15-5-3-2-4-12(15)10-18/h2-5,8H,6-7,10H2,1H3. The zero-order valence-corrected chi connectivity index (χ0v) is 13.3. The molecule has 0 atom stereocenters. The molecule has 0 fully saturated rings. The smallest absolute Gasteiger partial charge is 0.257 e. The Morgan fingerprint density at radius 1 is 1.35 bits per heavy atom. The van der Waals surface area contributed by atoms with Crippen LogP contribution in [0.4, 0.5) is 0 Å². The van der Waals surface area contributed by atoms with Crippen LogP contribution in [0.15, 0.2) is 39.6 Å². The number of amides is 1. The number of furan rings is 1. The molecule has 0 aliphatic carbocycles. The molecule has 1 aliphatic rings. The summed E-state index contributed by atoms with van der Waals surface area (Å²) in [7, 11) is -3.41. The average Bonchev–Trinajstić information content (AvgIpc) is 2.85. The van der Waals surface area contributed by atoms with Gasteiger partial charge < -0.3 is 9.32 Å². The highest BCUT2D eigenvalue weighted by Gasteiger charge is 2.29. The van der Waals surface area contributed by atoms with Crippen LogP contribution in [0.25, 0.3) is 0 Å². The molecule has 0 spiro atoms. The number of nitrogens with zero attached hydrogens (tertiary/aromatic N) is 2. The molecule has 2 heterocycles. The molecule has 0 saturated heterocycles. The summed E-state index contributed by atoms with van der Waals surface area (Å²) in [4.78, 5) is 14.4. The molecule has 0 N–H and O–H groups in total. The van der Waals surface area contributed by atoms with Gasteiger partial charge in [-0.2, -0.15) is 5.26 Å². The number of hydrogen-bond donors (Lipinski definition) is 0. The van der Waals surface area contributed by atoms with E-state index in [2.05, 4.69) is 0 Å². The molecule has 118 valence electrons. The molecule has 1 aromatic carbocycles. The molecule has 3 rings (SSSR count). The molecule has 2 aromatic rings. The predicted octanol–water partition coefficient (Wildman–Crippen LogP) is 1.89. The SMILES string of the molecule is Cc1oc(C#N)cc1C(=O)N1CCS(=O)(=O)c2ccccc2C1. The van der Waals surface area contributed by atoms with Gasteiger partial charge in [0.2, 0.25) is 5.76 Å². The molecular weight excluding hydrogens is 316 g/mol. The van der Waals surface area contributed by atoms with Gasteiger partial charge in [-0.3, -0.25) is 4.79 Å². The van der Waals surface area contributed by atoms with Crippen LogP contribution >= 0.6 is 0 Å². The lowest BCUT2D eigenvalue weighted by atomic mass is 10.1. The van der Waals surface area contributed by atoms with Crippen LogP contribution in [0.5, 0.6) is 0 Å².